The minimum absolute atomic E-state index is 0.0158. The van der Waals surface area contributed by atoms with Crippen molar-refractivity contribution in [2.45, 2.75) is 12.8 Å². The minimum atomic E-state index is -1.75. The first kappa shape index (κ1) is 11.5. The van der Waals surface area contributed by atoms with E-state index >= 15 is 0 Å². The average Bonchev–Trinajstić information content (AvgIpc) is 2.15. The molecule has 1 rings (SSSR count). The molecule has 0 unspecified atom stereocenters. The van der Waals surface area contributed by atoms with Gasteiger partial charge < -0.3 is 20.3 Å². The van der Waals surface area contributed by atoms with Crippen molar-refractivity contribution in [3.63, 3.8) is 0 Å². The summed E-state index contributed by atoms with van der Waals surface area (Å²) in [5.41, 5.74) is 0.376. The average molecular weight is 210 g/mol. The van der Waals surface area contributed by atoms with E-state index in [1.54, 1.807) is 6.07 Å². The zero-order valence-corrected chi connectivity index (χ0v) is 7.92. The van der Waals surface area contributed by atoms with Crippen molar-refractivity contribution in [2.24, 2.45) is 0 Å². The number of hydrogen-bond acceptors (Lipinski definition) is 4. The van der Waals surface area contributed by atoms with Crippen LogP contribution in [0, 0.1) is 0 Å². The van der Waals surface area contributed by atoms with Crippen LogP contribution in [0.3, 0.4) is 0 Å². The van der Waals surface area contributed by atoms with Crippen LogP contribution >= 0.6 is 0 Å². The maximum Gasteiger partial charge on any atom is 0.492 e. The lowest BCUT2D eigenvalue weighted by Crippen LogP contribution is -2.30. The number of phenols is 1. The summed E-state index contributed by atoms with van der Waals surface area (Å²) in [6, 6.07) is 4.44. The van der Waals surface area contributed by atoms with Crippen LogP contribution in [0.2, 0.25) is 0 Å². The van der Waals surface area contributed by atoms with Gasteiger partial charge in [-0.25, -0.2) is 0 Å². The Morgan fingerprint density at radius 3 is 2.53 bits per heavy atom. The highest BCUT2D eigenvalue weighted by Gasteiger charge is 2.18. The number of benzene rings is 1. The van der Waals surface area contributed by atoms with Crippen LogP contribution in [0.15, 0.2) is 18.2 Å². The number of rotatable bonds is 4. The number of carbonyl (C=O) groups is 1. The SMILES string of the molecule is O=C(O)CCc1cccc(B(O)O)c1O. The lowest BCUT2D eigenvalue weighted by Gasteiger charge is -2.07. The van der Waals surface area contributed by atoms with E-state index in [1.165, 1.54) is 12.1 Å². The Hall–Kier alpha value is -1.53. The Balaban J connectivity index is 2.89. The quantitative estimate of drug-likeness (QED) is 0.482. The molecule has 0 aliphatic carbocycles. The summed E-state index contributed by atoms with van der Waals surface area (Å²) in [5.74, 6) is -1.22. The second-order valence-electron chi connectivity index (χ2n) is 3.12. The molecule has 0 heterocycles. The molecule has 6 heteroatoms. The van der Waals surface area contributed by atoms with Gasteiger partial charge in [0.25, 0.3) is 0 Å². The monoisotopic (exact) mass is 210 g/mol. The van der Waals surface area contributed by atoms with E-state index in [4.69, 9.17) is 15.2 Å². The van der Waals surface area contributed by atoms with E-state index in [-0.39, 0.29) is 24.1 Å². The molecule has 5 nitrogen and oxygen atoms in total. The Bertz CT molecular complexity index is 364. The summed E-state index contributed by atoms with van der Waals surface area (Å²) in [7, 11) is -1.75. The van der Waals surface area contributed by atoms with Crippen LogP contribution in [0.4, 0.5) is 0 Å². The molecule has 0 atom stereocenters. The van der Waals surface area contributed by atoms with Crippen molar-refractivity contribution in [1.82, 2.24) is 0 Å². The molecule has 0 radical (unpaired) electrons. The van der Waals surface area contributed by atoms with Gasteiger partial charge >= 0.3 is 13.1 Å². The molecule has 0 fully saturated rings. The summed E-state index contributed by atoms with van der Waals surface area (Å²) >= 11 is 0. The highest BCUT2D eigenvalue weighted by Crippen LogP contribution is 2.15. The van der Waals surface area contributed by atoms with Crippen LogP contribution in [0.5, 0.6) is 5.75 Å². The molecular formula is C9H11BO5. The molecule has 0 aromatic heterocycles. The molecule has 4 N–H and O–H groups in total. The molecule has 1 aromatic carbocycles. The summed E-state index contributed by atoms with van der Waals surface area (Å²) in [4.78, 5) is 10.3. The number of aryl methyl sites for hydroxylation is 1. The van der Waals surface area contributed by atoms with Gasteiger partial charge in [-0.05, 0) is 12.0 Å². The van der Waals surface area contributed by atoms with E-state index < -0.39 is 13.1 Å². The second-order valence-corrected chi connectivity index (χ2v) is 3.12. The van der Waals surface area contributed by atoms with Crippen molar-refractivity contribution in [2.75, 3.05) is 0 Å². The number of carboxylic acids is 1. The number of aliphatic carboxylic acids is 1. The van der Waals surface area contributed by atoms with Crippen molar-refractivity contribution in [1.29, 1.82) is 0 Å². The number of phenolic OH excluding ortho intramolecular Hbond substituents is 1. The fraction of sp³-hybridized carbons (Fsp3) is 0.222. The lowest BCUT2D eigenvalue weighted by atomic mass is 9.78. The molecule has 0 amide bonds. The van der Waals surface area contributed by atoms with Gasteiger partial charge in [0.1, 0.15) is 5.75 Å². The van der Waals surface area contributed by atoms with Crippen LogP contribution in [0.1, 0.15) is 12.0 Å². The predicted octanol–water partition coefficient (Wildman–Crippen LogP) is -0.911. The summed E-state index contributed by atoms with van der Waals surface area (Å²) < 4.78 is 0. The summed E-state index contributed by atoms with van der Waals surface area (Å²) in [6.07, 6.45) is 0.0419. The molecule has 0 saturated heterocycles. The van der Waals surface area contributed by atoms with Gasteiger partial charge in [-0.3, -0.25) is 4.79 Å². The first-order valence-corrected chi connectivity index (χ1v) is 4.41. The van der Waals surface area contributed by atoms with Gasteiger partial charge in [0.05, 0.1) is 0 Å². The molecular weight excluding hydrogens is 199 g/mol. The molecule has 80 valence electrons. The Morgan fingerprint density at radius 1 is 1.33 bits per heavy atom. The molecule has 0 aliphatic heterocycles. The number of hydrogen-bond donors (Lipinski definition) is 4. The third kappa shape index (κ3) is 2.97. The highest BCUT2D eigenvalue weighted by atomic mass is 16.4. The smallest absolute Gasteiger partial charge is 0.492 e. The molecule has 15 heavy (non-hydrogen) atoms. The largest absolute Gasteiger partial charge is 0.508 e. The van der Waals surface area contributed by atoms with Crippen LogP contribution in [0.25, 0.3) is 0 Å². The lowest BCUT2D eigenvalue weighted by molar-refractivity contribution is -0.136. The number of para-hydroxylation sites is 1. The first-order chi connectivity index (χ1) is 7.02. The topological polar surface area (TPSA) is 98.0 Å². The van der Waals surface area contributed by atoms with Crippen LogP contribution in [-0.2, 0) is 11.2 Å². The maximum atomic E-state index is 10.3. The molecule has 0 spiro atoms. The Morgan fingerprint density at radius 2 is 2.00 bits per heavy atom. The van der Waals surface area contributed by atoms with Gasteiger partial charge in [0.2, 0.25) is 0 Å². The van der Waals surface area contributed by atoms with Crippen molar-refractivity contribution in [3.8, 4) is 5.75 Å². The van der Waals surface area contributed by atoms with Crippen molar-refractivity contribution < 1.29 is 25.1 Å². The first-order valence-electron chi connectivity index (χ1n) is 4.41. The highest BCUT2D eigenvalue weighted by molar-refractivity contribution is 6.59. The zero-order chi connectivity index (χ0) is 11.4. The van der Waals surface area contributed by atoms with Gasteiger partial charge in [-0.1, -0.05) is 18.2 Å². The van der Waals surface area contributed by atoms with Gasteiger partial charge in [0.15, 0.2) is 0 Å². The van der Waals surface area contributed by atoms with Crippen molar-refractivity contribution in [3.05, 3.63) is 23.8 Å². The Kier molecular flexibility index (Phi) is 3.71. The van der Waals surface area contributed by atoms with E-state index in [1.807, 2.05) is 0 Å². The van der Waals surface area contributed by atoms with Crippen molar-refractivity contribution >= 4 is 18.6 Å². The standard InChI is InChI=1S/C9H11BO5/c11-8(12)5-4-6-2-1-3-7(9(6)13)10(14)15/h1-3,13-15H,4-5H2,(H,11,12). The summed E-state index contributed by atoms with van der Waals surface area (Å²) in [6.45, 7) is 0. The Labute approximate surface area is 86.8 Å². The third-order valence-electron chi connectivity index (χ3n) is 2.04. The normalized spacial score (nSPS) is 10.0. The fourth-order valence-electron chi connectivity index (χ4n) is 1.26. The van der Waals surface area contributed by atoms with Gasteiger partial charge in [-0.15, -0.1) is 0 Å². The molecule has 0 bridgehead atoms. The van der Waals surface area contributed by atoms with E-state index in [9.17, 15) is 9.90 Å². The van der Waals surface area contributed by atoms with E-state index in [0.717, 1.165) is 0 Å². The minimum Gasteiger partial charge on any atom is -0.508 e. The van der Waals surface area contributed by atoms with E-state index in [0.29, 0.717) is 5.56 Å². The molecule has 0 aliphatic rings. The number of carboxylic acid groups (broad SMARTS) is 1. The zero-order valence-electron chi connectivity index (χ0n) is 7.92. The third-order valence-corrected chi connectivity index (χ3v) is 2.04. The summed E-state index contributed by atoms with van der Waals surface area (Å²) in [5, 5.41) is 35.8. The molecule has 0 saturated carbocycles. The second kappa shape index (κ2) is 4.81. The predicted molar refractivity (Wildman–Crippen MR) is 53.9 cm³/mol. The van der Waals surface area contributed by atoms with Gasteiger partial charge in [0, 0.05) is 11.9 Å². The van der Waals surface area contributed by atoms with Crippen LogP contribution < -0.4 is 5.46 Å². The molecule has 1 aromatic rings. The number of aromatic hydroxyl groups is 1. The van der Waals surface area contributed by atoms with E-state index in [2.05, 4.69) is 0 Å². The maximum absolute atomic E-state index is 10.3. The fourth-order valence-corrected chi connectivity index (χ4v) is 1.26. The van der Waals surface area contributed by atoms with Crippen LogP contribution in [-0.4, -0.2) is 33.3 Å². The van der Waals surface area contributed by atoms with Gasteiger partial charge in [-0.2, -0.15) is 0 Å².